The van der Waals surface area contributed by atoms with Gasteiger partial charge in [-0.2, -0.15) is 0 Å². The molecule has 1 aromatic carbocycles. The number of ether oxygens (including phenoxy) is 1. The maximum atomic E-state index is 13.2. The molecule has 0 saturated carbocycles. The first-order valence-electron chi connectivity index (χ1n) is 5.23. The molecule has 0 heterocycles. The van der Waals surface area contributed by atoms with E-state index < -0.39 is 17.7 Å². The maximum Gasteiger partial charge on any atom is 0.162 e. The van der Waals surface area contributed by atoms with E-state index in [1.54, 1.807) is 0 Å². The third kappa shape index (κ3) is 3.87. The molecule has 1 atom stereocenters. The first kappa shape index (κ1) is 13.1. The number of aliphatic hydroxyl groups excluding tert-OH is 1. The molecule has 0 aliphatic heterocycles. The van der Waals surface area contributed by atoms with Crippen molar-refractivity contribution >= 4 is 0 Å². The summed E-state index contributed by atoms with van der Waals surface area (Å²) in [5, 5.41) is 9.55. The fourth-order valence-electron chi connectivity index (χ4n) is 1.32. The smallest absolute Gasteiger partial charge is 0.162 e. The van der Waals surface area contributed by atoms with Gasteiger partial charge < -0.3 is 9.84 Å². The minimum atomic E-state index is -0.897. The Kier molecular flexibility index (Phi) is 4.83. The molecular formula is C12H16F2O2. The van der Waals surface area contributed by atoms with Crippen molar-refractivity contribution in [2.45, 2.75) is 32.5 Å². The van der Waals surface area contributed by atoms with Gasteiger partial charge in [-0.3, -0.25) is 0 Å². The molecule has 0 saturated heterocycles. The van der Waals surface area contributed by atoms with Gasteiger partial charge >= 0.3 is 0 Å². The van der Waals surface area contributed by atoms with E-state index in [-0.39, 0.29) is 24.7 Å². The molecule has 4 heteroatoms. The molecule has 0 aliphatic carbocycles. The lowest BCUT2D eigenvalue weighted by molar-refractivity contribution is 0.00588. The highest BCUT2D eigenvalue weighted by atomic mass is 19.2. The Balaban J connectivity index is 2.56. The Bertz CT molecular complexity index is 340. The molecule has 0 amide bonds. The molecule has 0 aromatic heterocycles. The van der Waals surface area contributed by atoms with E-state index in [1.165, 1.54) is 12.1 Å². The number of halogens is 2. The van der Waals surface area contributed by atoms with Crippen molar-refractivity contribution in [3.63, 3.8) is 0 Å². The van der Waals surface area contributed by atoms with Crippen LogP contribution in [-0.2, 0) is 11.2 Å². The Labute approximate surface area is 93.9 Å². The average molecular weight is 230 g/mol. The van der Waals surface area contributed by atoms with Crippen molar-refractivity contribution in [2.75, 3.05) is 6.61 Å². The fraction of sp³-hybridized carbons (Fsp3) is 0.500. The van der Waals surface area contributed by atoms with E-state index in [0.29, 0.717) is 0 Å². The summed E-state index contributed by atoms with van der Waals surface area (Å²) in [5.74, 6) is -1.79. The second kappa shape index (κ2) is 5.92. The van der Waals surface area contributed by atoms with Crippen LogP contribution >= 0.6 is 0 Å². The van der Waals surface area contributed by atoms with Gasteiger partial charge in [-0.05, 0) is 25.5 Å². The van der Waals surface area contributed by atoms with E-state index in [4.69, 9.17) is 4.74 Å². The van der Waals surface area contributed by atoms with Gasteiger partial charge in [0.25, 0.3) is 0 Å². The van der Waals surface area contributed by atoms with Crippen molar-refractivity contribution in [3.8, 4) is 0 Å². The Morgan fingerprint density at radius 2 is 2.00 bits per heavy atom. The zero-order valence-electron chi connectivity index (χ0n) is 9.41. The highest BCUT2D eigenvalue weighted by Crippen LogP contribution is 2.13. The molecule has 0 radical (unpaired) electrons. The van der Waals surface area contributed by atoms with Crippen LogP contribution in [0.2, 0.25) is 0 Å². The van der Waals surface area contributed by atoms with Crippen LogP contribution in [0, 0.1) is 11.6 Å². The van der Waals surface area contributed by atoms with Gasteiger partial charge in [-0.25, -0.2) is 8.78 Å². The van der Waals surface area contributed by atoms with Gasteiger partial charge in [-0.15, -0.1) is 0 Å². The molecular weight excluding hydrogens is 214 g/mol. The van der Waals surface area contributed by atoms with Gasteiger partial charge in [0.05, 0.1) is 18.8 Å². The van der Waals surface area contributed by atoms with E-state index in [1.807, 2.05) is 13.8 Å². The number of rotatable bonds is 5. The standard InChI is InChI=1S/C12H16F2O2/c1-8(2)16-7-10(15)6-9-4-3-5-11(13)12(9)14/h3-5,8,10,15H,6-7H2,1-2H3. The third-order valence-electron chi connectivity index (χ3n) is 2.11. The highest BCUT2D eigenvalue weighted by molar-refractivity contribution is 5.19. The number of aliphatic hydroxyl groups is 1. The summed E-state index contributed by atoms with van der Waals surface area (Å²) in [4.78, 5) is 0. The van der Waals surface area contributed by atoms with Crippen LogP contribution in [0.3, 0.4) is 0 Å². The number of benzene rings is 1. The lowest BCUT2D eigenvalue weighted by Gasteiger charge is -2.13. The largest absolute Gasteiger partial charge is 0.390 e. The van der Waals surface area contributed by atoms with Crippen LogP contribution in [0.25, 0.3) is 0 Å². The molecule has 0 aliphatic rings. The number of hydrogen-bond acceptors (Lipinski definition) is 2. The minimum absolute atomic E-state index is 0.00649. The van der Waals surface area contributed by atoms with Crippen molar-refractivity contribution in [2.24, 2.45) is 0 Å². The Morgan fingerprint density at radius 3 is 2.62 bits per heavy atom. The van der Waals surface area contributed by atoms with Gasteiger partial charge in [0.2, 0.25) is 0 Å². The van der Waals surface area contributed by atoms with E-state index in [0.717, 1.165) is 6.07 Å². The molecule has 1 unspecified atom stereocenters. The molecule has 2 nitrogen and oxygen atoms in total. The van der Waals surface area contributed by atoms with Gasteiger partial charge in [0, 0.05) is 6.42 Å². The predicted molar refractivity (Wildman–Crippen MR) is 57.2 cm³/mol. The fourth-order valence-corrected chi connectivity index (χ4v) is 1.32. The van der Waals surface area contributed by atoms with Gasteiger partial charge in [0.15, 0.2) is 11.6 Å². The monoisotopic (exact) mass is 230 g/mol. The summed E-state index contributed by atoms with van der Waals surface area (Å²) in [7, 11) is 0. The summed E-state index contributed by atoms with van der Waals surface area (Å²) < 4.78 is 31.3. The van der Waals surface area contributed by atoms with Crippen LogP contribution in [0.15, 0.2) is 18.2 Å². The summed E-state index contributed by atoms with van der Waals surface area (Å²) in [6, 6.07) is 3.93. The van der Waals surface area contributed by atoms with Crippen LogP contribution in [0.1, 0.15) is 19.4 Å². The summed E-state index contributed by atoms with van der Waals surface area (Å²) in [5.41, 5.74) is 0.167. The molecule has 16 heavy (non-hydrogen) atoms. The molecule has 1 N–H and O–H groups in total. The average Bonchev–Trinajstić information content (AvgIpc) is 2.22. The van der Waals surface area contributed by atoms with Crippen LogP contribution in [0.5, 0.6) is 0 Å². The lowest BCUT2D eigenvalue weighted by atomic mass is 10.1. The SMILES string of the molecule is CC(C)OCC(O)Cc1cccc(F)c1F. The van der Waals surface area contributed by atoms with Gasteiger partial charge in [-0.1, -0.05) is 12.1 Å². The lowest BCUT2D eigenvalue weighted by Crippen LogP contribution is -2.21. The Hall–Kier alpha value is -1.00. The molecule has 1 rings (SSSR count). The molecule has 0 spiro atoms. The van der Waals surface area contributed by atoms with E-state index in [2.05, 4.69) is 0 Å². The zero-order valence-corrected chi connectivity index (χ0v) is 9.41. The normalized spacial score (nSPS) is 13.1. The second-order valence-corrected chi connectivity index (χ2v) is 3.95. The quantitative estimate of drug-likeness (QED) is 0.841. The van der Waals surface area contributed by atoms with Crippen molar-refractivity contribution in [3.05, 3.63) is 35.4 Å². The topological polar surface area (TPSA) is 29.5 Å². The summed E-state index contributed by atoms with van der Waals surface area (Å²) in [6.45, 7) is 3.80. The first-order chi connectivity index (χ1) is 7.50. The Morgan fingerprint density at radius 1 is 1.31 bits per heavy atom. The summed E-state index contributed by atoms with van der Waals surface area (Å²) >= 11 is 0. The molecule has 90 valence electrons. The molecule has 0 fully saturated rings. The number of hydrogen-bond donors (Lipinski definition) is 1. The van der Waals surface area contributed by atoms with Gasteiger partial charge in [0.1, 0.15) is 0 Å². The third-order valence-corrected chi connectivity index (χ3v) is 2.11. The van der Waals surface area contributed by atoms with Crippen molar-refractivity contribution in [1.82, 2.24) is 0 Å². The van der Waals surface area contributed by atoms with E-state index >= 15 is 0 Å². The summed E-state index contributed by atoms with van der Waals surface area (Å²) in [6.07, 6.45) is -0.762. The van der Waals surface area contributed by atoms with Crippen LogP contribution < -0.4 is 0 Å². The van der Waals surface area contributed by atoms with Crippen LogP contribution in [-0.4, -0.2) is 23.9 Å². The zero-order chi connectivity index (χ0) is 12.1. The molecule has 1 aromatic rings. The second-order valence-electron chi connectivity index (χ2n) is 3.95. The van der Waals surface area contributed by atoms with E-state index in [9.17, 15) is 13.9 Å². The van der Waals surface area contributed by atoms with Crippen molar-refractivity contribution in [1.29, 1.82) is 0 Å². The first-order valence-corrected chi connectivity index (χ1v) is 5.23. The van der Waals surface area contributed by atoms with Crippen molar-refractivity contribution < 1.29 is 18.6 Å². The van der Waals surface area contributed by atoms with Crippen LogP contribution in [0.4, 0.5) is 8.78 Å². The minimum Gasteiger partial charge on any atom is -0.390 e. The predicted octanol–water partition coefficient (Wildman–Crippen LogP) is 2.29. The maximum absolute atomic E-state index is 13.2. The molecule has 0 bridgehead atoms. The highest BCUT2D eigenvalue weighted by Gasteiger charge is 2.12.